The predicted molar refractivity (Wildman–Crippen MR) is 76.4 cm³/mol. The van der Waals surface area contributed by atoms with Gasteiger partial charge in [0.05, 0.1) is 0 Å². The lowest BCUT2D eigenvalue weighted by molar-refractivity contribution is 0.111. The Balaban J connectivity index is 1.66. The Kier molecular flexibility index (Phi) is 3.82. The number of hydrogen-bond acceptors (Lipinski definition) is 4. The summed E-state index contributed by atoms with van der Waals surface area (Å²) in [5.41, 5.74) is 0. The van der Waals surface area contributed by atoms with E-state index in [1.807, 2.05) is 6.92 Å². The SMILES string of the molecule is C#CCCOC(=O)N1C[C@@H](c2nc(C)n[nH]2)[C@H](C2CC2)C1. The molecule has 2 atom stereocenters. The summed E-state index contributed by atoms with van der Waals surface area (Å²) in [6.45, 7) is 3.54. The van der Waals surface area contributed by atoms with Crippen LogP contribution >= 0.6 is 0 Å². The van der Waals surface area contributed by atoms with Crippen molar-refractivity contribution < 1.29 is 9.53 Å². The van der Waals surface area contributed by atoms with Crippen LogP contribution < -0.4 is 0 Å². The molecule has 0 aromatic carbocycles. The van der Waals surface area contributed by atoms with Crippen LogP contribution in [0.25, 0.3) is 0 Å². The molecule has 2 fully saturated rings. The smallest absolute Gasteiger partial charge is 0.409 e. The molecule has 3 rings (SSSR count). The summed E-state index contributed by atoms with van der Waals surface area (Å²) < 4.78 is 5.20. The van der Waals surface area contributed by atoms with Gasteiger partial charge in [-0.15, -0.1) is 12.3 Å². The number of aromatic nitrogens is 3. The van der Waals surface area contributed by atoms with Gasteiger partial charge in [-0.25, -0.2) is 9.78 Å². The fraction of sp³-hybridized carbons (Fsp3) is 0.667. The highest BCUT2D eigenvalue weighted by Crippen LogP contribution is 2.47. The van der Waals surface area contributed by atoms with Gasteiger partial charge in [-0.05, 0) is 31.6 Å². The monoisotopic (exact) mass is 288 g/mol. The summed E-state index contributed by atoms with van der Waals surface area (Å²) in [5.74, 6) is 5.50. The van der Waals surface area contributed by atoms with Crippen LogP contribution in [0.3, 0.4) is 0 Å². The fourth-order valence-electron chi connectivity index (χ4n) is 3.09. The maximum absolute atomic E-state index is 12.1. The number of aromatic amines is 1. The van der Waals surface area contributed by atoms with Crippen molar-refractivity contribution in [3.63, 3.8) is 0 Å². The first-order valence-corrected chi connectivity index (χ1v) is 7.43. The van der Waals surface area contributed by atoms with E-state index in [1.165, 1.54) is 12.8 Å². The Morgan fingerprint density at radius 2 is 2.33 bits per heavy atom. The lowest BCUT2D eigenvalue weighted by Gasteiger charge is -2.15. The predicted octanol–water partition coefficient (Wildman–Crippen LogP) is 1.70. The first-order chi connectivity index (χ1) is 10.2. The fourth-order valence-corrected chi connectivity index (χ4v) is 3.09. The Labute approximate surface area is 124 Å². The minimum atomic E-state index is -0.269. The summed E-state index contributed by atoms with van der Waals surface area (Å²) in [4.78, 5) is 18.3. The maximum Gasteiger partial charge on any atom is 0.409 e. The number of nitrogens with one attached hydrogen (secondary N) is 1. The molecule has 21 heavy (non-hydrogen) atoms. The number of terminal acetylenes is 1. The molecule has 0 radical (unpaired) electrons. The molecule has 1 N–H and O–H groups in total. The van der Waals surface area contributed by atoms with Gasteiger partial charge in [-0.1, -0.05) is 0 Å². The molecule has 1 aromatic heterocycles. The van der Waals surface area contributed by atoms with Gasteiger partial charge in [-0.3, -0.25) is 5.10 Å². The first-order valence-electron chi connectivity index (χ1n) is 7.43. The Hall–Kier alpha value is -2.03. The van der Waals surface area contributed by atoms with Crippen LogP contribution in [0.1, 0.15) is 36.8 Å². The van der Waals surface area contributed by atoms with Gasteiger partial charge in [0.1, 0.15) is 18.3 Å². The number of amides is 1. The van der Waals surface area contributed by atoms with E-state index in [9.17, 15) is 4.79 Å². The molecule has 112 valence electrons. The van der Waals surface area contributed by atoms with Crippen molar-refractivity contribution in [1.29, 1.82) is 0 Å². The van der Waals surface area contributed by atoms with E-state index in [0.717, 1.165) is 18.2 Å². The molecule has 1 saturated carbocycles. The number of aryl methyl sites for hydroxylation is 1. The van der Waals surface area contributed by atoms with Gasteiger partial charge in [0, 0.05) is 25.4 Å². The third-order valence-corrected chi connectivity index (χ3v) is 4.29. The van der Waals surface area contributed by atoms with E-state index in [1.54, 1.807) is 4.90 Å². The molecule has 1 amide bonds. The van der Waals surface area contributed by atoms with Gasteiger partial charge < -0.3 is 9.64 Å². The minimum Gasteiger partial charge on any atom is -0.448 e. The first kappa shape index (κ1) is 13.9. The van der Waals surface area contributed by atoms with Crippen LogP contribution in [0, 0.1) is 31.1 Å². The summed E-state index contributed by atoms with van der Waals surface area (Å²) in [7, 11) is 0. The molecule has 1 aromatic rings. The number of ether oxygens (including phenoxy) is 1. The lowest BCUT2D eigenvalue weighted by Crippen LogP contribution is -2.30. The number of rotatable bonds is 4. The third kappa shape index (κ3) is 3.02. The highest BCUT2D eigenvalue weighted by molar-refractivity contribution is 5.68. The average molecular weight is 288 g/mol. The summed E-state index contributed by atoms with van der Waals surface area (Å²) in [5, 5.41) is 7.12. The molecule has 0 unspecified atom stereocenters. The molecule has 0 spiro atoms. The summed E-state index contributed by atoms with van der Waals surface area (Å²) in [6, 6.07) is 0. The number of hydrogen-bond donors (Lipinski definition) is 1. The van der Waals surface area contributed by atoms with Gasteiger partial charge in [0.2, 0.25) is 0 Å². The Morgan fingerprint density at radius 3 is 2.95 bits per heavy atom. The zero-order valence-corrected chi connectivity index (χ0v) is 12.2. The topological polar surface area (TPSA) is 71.1 Å². The second kappa shape index (κ2) is 5.76. The number of carbonyl (C=O) groups excluding carboxylic acids is 1. The van der Waals surface area contributed by atoms with E-state index in [4.69, 9.17) is 11.2 Å². The molecule has 1 aliphatic heterocycles. The second-order valence-corrected chi connectivity index (χ2v) is 5.85. The van der Waals surface area contributed by atoms with Crippen molar-refractivity contribution in [1.82, 2.24) is 20.1 Å². The molecule has 0 bridgehead atoms. The standard InChI is InChI=1S/C15H20N4O2/c1-3-4-7-21-15(20)19-8-12(11-5-6-11)13(9-19)14-16-10(2)17-18-14/h1,11-13H,4-9H2,2H3,(H,16,17,18)/t12-,13+/m0/s1. The van der Waals surface area contributed by atoms with Crippen molar-refractivity contribution >= 4 is 6.09 Å². The highest BCUT2D eigenvalue weighted by atomic mass is 16.6. The maximum atomic E-state index is 12.1. The molecule has 2 aliphatic rings. The van der Waals surface area contributed by atoms with Crippen molar-refractivity contribution in [3.8, 4) is 12.3 Å². The zero-order chi connectivity index (χ0) is 14.8. The molecular weight excluding hydrogens is 268 g/mol. The normalized spacial score (nSPS) is 24.9. The van der Waals surface area contributed by atoms with E-state index in [2.05, 4.69) is 21.1 Å². The number of nitrogens with zero attached hydrogens (tertiary/aromatic N) is 3. The minimum absolute atomic E-state index is 0.235. The molecule has 6 nitrogen and oxygen atoms in total. The van der Waals surface area contributed by atoms with Crippen molar-refractivity contribution in [2.75, 3.05) is 19.7 Å². The van der Waals surface area contributed by atoms with E-state index < -0.39 is 0 Å². The summed E-state index contributed by atoms with van der Waals surface area (Å²) >= 11 is 0. The highest BCUT2D eigenvalue weighted by Gasteiger charge is 2.45. The van der Waals surface area contributed by atoms with Gasteiger partial charge >= 0.3 is 6.09 Å². The molecule has 6 heteroatoms. The number of likely N-dealkylation sites (tertiary alicyclic amines) is 1. The van der Waals surface area contributed by atoms with Gasteiger partial charge in [0.15, 0.2) is 0 Å². The van der Waals surface area contributed by atoms with Gasteiger partial charge in [-0.2, -0.15) is 5.10 Å². The van der Waals surface area contributed by atoms with E-state index in [-0.39, 0.29) is 18.6 Å². The van der Waals surface area contributed by atoms with Gasteiger partial charge in [0.25, 0.3) is 0 Å². The molecule has 1 saturated heterocycles. The third-order valence-electron chi connectivity index (χ3n) is 4.29. The van der Waals surface area contributed by atoms with Crippen LogP contribution in [0.4, 0.5) is 4.79 Å². The quantitative estimate of drug-likeness (QED) is 0.676. The van der Waals surface area contributed by atoms with E-state index in [0.29, 0.717) is 24.8 Å². The zero-order valence-electron chi connectivity index (χ0n) is 12.2. The lowest BCUT2D eigenvalue weighted by atomic mass is 9.91. The van der Waals surface area contributed by atoms with Crippen molar-refractivity contribution in [3.05, 3.63) is 11.6 Å². The molecule has 1 aliphatic carbocycles. The largest absolute Gasteiger partial charge is 0.448 e. The Bertz CT molecular complexity index is 558. The number of carbonyl (C=O) groups is 1. The van der Waals surface area contributed by atoms with Crippen LogP contribution in [-0.4, -0.2) is 45.9 Å². The van der Waals surface area contributed by atoms with Crippen LogP contribution in [-0.2, 0) is 4.74 Å². The van der Waals surface area contributed by atoms with E-state index >= 15 is 0 Å². The van der Waals surface area contributed by atoms with Crippen LogP contribution in [0.15, 0.2) is 0 Å². The molecular formula is C15H20N4O2. The summed E-state index contributed by atoms with van der Waals surface area (Å²) in [6.07, 6.45) is 7.84. The Morgan fingerprint density at radius 1 is 1.52 bits per heavy atom. The molecule has 2 heterocycles. The van der Waals surface area contributed by atoms with Crippen LogP contribution in [0.2, 0.25) is 0 Å². The second-order valence-electron chi connectivity index (χ2n) is 5.85. The number of H-pyrrole nitrogens is 1. The van der Waals surface area contributed by atoms with Crippen molar-refractivity contribution in [2.45, 2.75) is 32.1 Å². The van der Waals surface area contributed by atoms with Crippen molar-refractivity contribution in [2.24, 2.45) is 11.8 Å². The van der Waals surface area contributed by atoms with Crippen LogP contribution in [0.5, 0.6) is 0 Å². The average Bonchev–Trinajstić information content (AvgIpc) is 3.07.